The molecule has 6 heteroatoms. The standard InChI is InChI=1S/C12H13ClN2O3/c13-8-5-7(1-2-9(8)14)10(16)15-6-12(3-4-12)11(17)18/h1-2,5H,3-4,6,14H2,(H,15,16)(H,17,18). The Hall–Kier alpha value is -1.75. The fraction of sp³-hybridized carbons (Fsp3) is 0.333. The van der Waals surface area contributed by atoms with Crippen LogP contribution in [0.4, 0.5) is 5.69 Å². The molecule has 0 saturated heterocycles. The first kappa shape index (κ1) is 12.7. The van der Waals surface area contributed by atoms with Crippen molar-refractivity contribution in [3.63, 3.8) is 0 Å². The fourth-order valence-electron chi connectivity index (χ4n) is 1.64. The SMILES string of the molecule is Nc1ccc(C(=O)NCC2(C(=O)O)CC2)cc1Cl. The molecular formula is C12H13ClN2O3. The maximum absolute atomic E-state index is 11.8. The Kier molecular flexibility index (Phi) is 3.17. The third-order valence-electron chi connectivity index (χ3n) is 3.16. The summed E-state index contributed by atoms with van der Waals surface area (Å²) in [5.74, 6) is -1.21. The fourth-order valence-corrected chi connectivity index (χ4v) is 1.82. The van der Waals surface area contributed by atoms with Crippen LogP contribution >= 0.6 is 11.6 Å². The number of nitrogens with two attached hydrogens (primary N) is 1. The predicted octanol–water partition coefficient (Wildman–Crippen LogP) is 1.52. The van der Waals surface area contributed by atoms with E-state index in [4.69, 9.17) is 22.4 Å². The van der Waals surface area contributed by atoms with Crippen LogP contribution in [0.3, 0.4) is 0 Å². The molecule has 0 atom stereocenters. The molecule has 0 spiro atoms. The Morgan fingerprint density at radius 1 is 1.44 bits per heavy atom. The summed E-state index contributed by atoms with van der Waals surface area (Å²) >= 11 is 5.81. The third kappa shape index (κ3) is 2.41. The largest absolute Gasteiger partial charge is 0.481 e. The number of anilines is 1. The first-order valence-electron chi connectivity index (χ1n) is 5.51. The lowest BCUT2D eigenvalue weighted by atomic mass is 10.1. The van der Waals surface area contributed by atoms with Crippen molar-refractivity contribution in [3.05, 3.63) is 28.8 Å². The molecular weight excluding hydrogens is 256 g/mol. The molecule has 96 valence electrons. The second-order valence-electron chi connectivity index (χ2n) is 4.50. The summed E-state index contributed by atoms with van der Waals surface area (Å²) < 4.78 is 0. The lowest BCUT2D eigenvalue weighted by Crippen LogP contribution is -2.34. The van der Waals surface area contributed by atoms with Crippen molar-refractivity contribution >= 4 is 29.2 Å². The zero-order valence-corrected chi connectivity index (χ0v) is 10.3. The number of nitrogen functional groups attached to an aromatic ring is 1. The lowest BCUT2D eigenvalue weighted by molar-refractivity contribution is -0.143. The number of aliphatic carboxylic acids is 1. The van der Waals surface area contributed by atoms with Gasteiger partial charge in [-0.25, -0.2) is 0 Å². The number of amides is 1. The maximum Gasteiger partial charge on any atom is 0.311 e. The lowest BCUT2D eigenvalue weighted by Gasteiger charge is -2.11. The Morgan fingerprint density at radius 3 is 2.61 bits per heavy atom. The molecule has 1 aromatic rings. The summed E-state index contributed by atoms with van der Waals surface area (Å²) in [6.07, 6.45) is 1.20. The van der Waals surface area contributed by atoms with E-state index in [0.29, 0.717) is 29.1 Å². The summed E-state index contributed by atoms with van der Waals surface area (Å²) in [4.78, 5) is 22.7. The number of hydrogen-bond donors (Lipinski definition) is 3. The number of hydrogen-bond acceptors (Lipinski definition) is 3. The quantitative estimate of drug-likeness (QED) is 0.722. The number of rotatable bonds is 4. The van der Waals surface area contributed by atoms with Crippen molar-refractivity contribution in [1.29, 1.82) is 0 Å². The van der Waals surface area contributed by atoms with Gasteiger partial charge in [-0.2, -0.15) is 0 Å². The van der Waals surface area contributed by atoms with Crippen LogP contribution in [-0.4, -0.2) is 23.5 Å². The Morgan fingerprint density at radius 2 is 2.11 bits per heavy atom. The van der Waals surface area contributed by atoms with E-state index in [2.05, 4.69) is 5.32 Å². The van der Waals surface area contributed by atoms with Crippen molar-refractivity contribution in [2.24, 2.45) is 5.41 Å². The van der Waals surface area contributed by atoms with Gasteiger partial charge in [0.2, 0.25) is 0 Å². The number of carboxylic acid groups (broad SMARTS) is 1. The van der Waals surface area contributed by atoms with E-state index >= 15 is 0 Å². The molecule has 18 heavy (non-hydrogen) atoms. The molecule has 1 aliphatic rings. The summed E-state index contributed by atoms with van der Waals surface area (Å²) in [5, 5.41) is 11.9. The van der Waals surface area contributed by atoms with Crippen LogP contribution in [0.15, 0.2) is 18.2 Å². The van der Waals surface area contributed by atoms with Crippen LogP contribution < -0.4 is 11.1 Å². The molecule has 0 heterocycles. The van der Waals surface area contributed by atoms with Gasteiger partial charge in [-0.3, -0.25) is 9.59 Å². The van der Waals surface area contributed by atoms with Crippen molar-refractivity contribution in [3.8, 4) is 0 Å². The minimum atomic E-state index is -0.863. The highest BCUT2D eigenvalue weighted by Crippen LogP contribution is 2.45. The van der Waals surface area contributed by atoms with Crippen LogP contribution in [0, 0.1) is 5.41 Å². The van der Waals surface area contributed by atoms with Crippen molar-refractivity contribution in [1.82, 2.24) is 5.32 Å². The molecule has 1 amide bonds. The van der Waals surface area contributed by atoms with Gasteiger partial charge in [0, 0.05) is 12.1 Å². The third-order valence-corrected chi connectivity index (χ3v) is 3.48. The Balaban J connectivity index is 2.00. The van der Waals surface area contributed by atoms with E-state index in [1.807, 2.05) is 0 Å². The molecule has 1 saturated carbocycles. The second kappa shape index (κ2) is 4.49. The zero-order valence-electron chi connectivity index (χ0n) is 9.57. The molecule has 1 fully saturated rings. The normalized spacial score (nSPS) is 16.1. The van der Waals surface area contributed by atoms with Crippen LogP contribution in [0.5, 0.6) is 0 Å². The monoisotopic (exact) mass is 268 g/mol. The number of halogens is 1. The predicted molar refractivity (Wildman–Crippen MR) is 67.5 cm³/mol. The van der Waals surface area contributed by atoms with E-state index < -0.39 is 11.4 Å². The van der Waals surface area contributed by atoms with Crippen LogP contribution in [0.2, 0.25) is 5.02 Å². The molecule has 0 radical (unpaired) electrons. The average Bonchev–Trinajstić information content (AvgIpc) is 3.11. The molecule has 2 rings (SSSR count). The minimum absolute atomic E-state index is 0.142. The van der Waals surface area contributed by atoms with E-state index in [1.54, 1.807) is 12.1 Å². The molecule has 1 aliphatic carbocycles. The Labute approximate surface area is 109 Å². The minimum Gasteiger partial charge on any atom is -0.481 e. The second-order valence-corrected chi connectivity index (χ2v) is 4.91. The summed E-state index contributed by atoms with van der Waals surface area (Å²) in [6.45, 7) is 0.142. The van der Waals surface area contributed by atoms with Gasteiger partial charge in [0.1, 0.15) is 0 Å². The molecule has 0 bridgehead atoms. The molecule has 0 aliphatic heterocycles. The van der Waals surface area contributed by atoms with E-state index in [0.717, 1.165) is 0 Å². The molecule has 0 aromatic heterocycles. The van der Waals surface area contributed by atoms with Crippen molar-refractivity contribution in [2.45, 2.75) is 12.8 Å². The Bertz CT molecular complexity index is 512. The summed E-state index contributed by atoms with van der Waals surface area (Å²) in [7, 11) is 0. The topological polar surface area (TPSA) is 92.4 Å². The number of carbonyl (C=O) groups is 2. The number of carboxylic acids is 1. The molecule has 0 unspecified atom stereocenters. The summed E-state index contributed by atoms with van der Waals surface area (Å²) in [5.41, 5.74) is 5.54. The van der Waals surface area contributed by atoms with Crippen LogP contribution in [0.1, 0.15) is 23.2 Å². The highest BCUT2D eigenvalue weighted by atomic mass is 35.5. The highest BCUT2D eigenvalue weighted by Gasteiger charge is 2.50. The van der Waals surface area contributed by atoms with E-state index in [9.17, 15) is 9.59 Å². The van der Waals surface area contributed by atoms with Gasteiger partial charge in [-0.15, -0.1) is 0 Å². The van der Waals surface area contributed by atoms with Gasteiger partial charge in [-0.1, -0.05) is 11.6 Å². The molecule has 4 N–H and O–H groups in total. The molecule has 5 nitrogen and oxygen atoms in total. The smallest absolute Gasteiger partial charge is 0.311 e. The van der Waals surface area contributed by atoms with Gasteiger partial charge in [0.05, 0.1) is 16.1 Å². The van der Waals surface area contributed by atoms with Crippen LogP contribution in [-0.2, 0) is 4.79 Å². The van der Waals surface area contributed by atoms with Gasteiger partial charge >= 0.3 is 5.97 Å². The number of nitrogens with one attached hydrogen (secondary N) is 1. The van der Waals surface area contributed by atoms with Crippen molar-refractivity contribution in [2.75, 3.05) is 12.3 Å². The first-order valence-corrected chi connectivity index (χ1v) is 5.89. The van der Waals surface area contributed by atoms with Gasteiger partial charge in [0.15, 0.2) is 0 Å². The zero-order chi connectivity index (χ0) is 13.3. The van der Waals surface area contributed by atoms with E-state index in [1.165, 1.54) is 6.07 Å². The number of benzene rings is 1. The first-order chi connectivity index (χ1) is 8.44. The van der Waals surface area contributed by atoms with Crippen LogP contribution in [0.25, 0.3) is 0 Å². The highest BCUT2D eigenvalue weighted by molar-refractivity contribution is 6.33. The van der Waals surface area contributed by atoms with Crippen molar-refractivity contribution < 1.29 is 14.7 Å². The van der Waals surface area contributed by atoms with Gasteiger partial charge in [-0.05, 0) is 31.0 Å². The van der Waals surface area contributed by atoms with Gasteiger partial charge < -0.3 is 16.2 Å². The average molecular weight is 269 g/mol. The summed E-state index contributed by atoms with van der Waals surface area (Å²) in [6, 6.07) is 4.56. The maximum atomic E-state index is 11.8. The van der Waals surface area contributed by atoms with E-state index in [-0.39, 0.29) is 12.5 Å². The number of carbonyl (C=O) groups excluding carboxylic acids is 1. The molecule has 1 aromatic carbocycles. The van der Waals surface area contributed by atoms with Gasteiger partial charge in [0.25, 0.3) is 5.91 Å².